The molecule has 0 amide bonds. The highest BCUT2D eigenvalue weighted by Gasteiger charge is 2.15. The molecule has 17 heavy (non-hydrogen) atoms. The van der Waals surface area contributed by atoms with Gasteiger partial charge in [0.15, 0.2) is 5.82 Å². The molecule has 0 aliphatic carbocycles. The highest BCUT2D eigenvalue weighted by atomic mass is 16.5. The van der Waals surface area contributed by atoms with Crippen molar-refractivity contribution in [3.8, 4) is 0 Å². The Labute approximate surface area is 102 Å². The molecule has 0 atom stereocenters. The van der Waals surface area contributed by atoms with Crippen molar-refractivity contribution in [1.29, 1.82) is 0 Å². The van der Waals surface area contributed by atoms with Crippen LogP contribution in [0.3, 0.4) is 0 Å². The first-order chi connectivity index (χ1) is 8.35. The number of hydrogen-bond acceptors (Lipinski definition) is 6. The van der Waals surface area contributed by atoms with Crippen molar-refractivity contribution in [2.24, 2.45) is 0 Å². The summed E-state index contributed by atoms with van der Waals surface area (Å²) in [4.78, 5) is 8.84. The van der Waals surface area contributed by atoms with Gasteiger partial charge in [-0.25, -0.2) is 0 Å². The predicted octanol–water partition coefficient (Wildman–Crippen LogP) is 0.554. The Morgan fingerprint density at radius 1 is 1.29 bits per heavy atom. The van der Waals surface area contributed by atoms with Crippen LogP contribution in [-0.2, 0) is 4.74 Å². The van der Waals surface area contributed by atoms with Crippen LogP contribution in [0.1, 0.15) is 13.8 Å². The van der Waals surface area contributed by atoms with Crippen molar-refractivity contribution < 1.29 is 4.74 Å². The van der Waals surface area contributed by atoms with Crippen LogP contribution in [0.4, 0.5) is 11.8 Å². The highest BCUT2D eigenvalue weighted by molar-refractivity contribution is 5.41. The van der Waals surface area contributed by atoms with E-state index in [4.69, 9.17) is 4.74 Å². The zero-order valence-corrected chi connectivity index (χ0v) is 10.5. The molecule has 94 valence electrons. The van der Waals surface area contributed by atoms with Gasteiger partial charge in [0.25, 0.3) is 0 Å². The fourth-order valence-electron chi connectivity index (χ4n) is 1.87. The molecule has 6 heteroatoms. The molecule has 1 saturated heterocycles. The van der Waals surface area contributed by atoms with Gasteiger partial charge in [0.2, 0.25) is 5.95 Å². The smallest absolute Gasteiger partial charge is 0.247 e. The molecule has 1 aliphatic heterocycles. The first-order valence-corrected chi connectivity index (χ1v) is 6.12. The molecule has 0 unspecified atom stereocenters. The number of anilines is 2. The lowest BCUT2D eigenvalue weighted by Gasteiger charge is -2.28. The Hall–Kier alpha value is -1.43. The number of aromatic nitrogens is 3. The van der Waals surface area contributed by atoms with Gasteiger partial charge < -0.3 is 14.5 Å². The van der Waals surface area contributed by atoms with Gasteiger partial charge in [-0.3, -0.25) is 0 Å². The fraction of sp³-hybridized carbons (Fsp3) is 0.727. The molecule has 0 N–H and O–H groups in total. The molecule has 1 aliphatic rings. The third-order valence-electron chi connectivity index (χ3n) is 2.92. The van der Waals surface area contributed by atoms with Crippen LogP contribution < -0.4 is 9.80 Å². The zero-order valence-electron chi connectivity index (χ0n) is 10.5. The van der Waals surface area contributed by atoms with Crippen LogP contribution in [0.25, 0.3) is 0 Å². The van der Waals surface area contributed by atoms with Crippen LogP contribution in [-0.4, -0.2) is 54.6 Å². The minimum Gasteiger partial charge on any atom is -0.378 e. The summed E-state index contributed by atoms with van der Waals surface area (Å²) in [5.41, 5.74) is 0. The Kier molecular flexibility index (Phi) is 4.08. The average molecular weight is 237 g/mol. The Bertz CT molecular complexity index is 349. The first-order valence-electron chi connectivity index (χ1n) is 6.12. The van der Waals surface area contributed by atoms with E-state index in [1.54, 1.807) is 6.20 Å². The topological polar surface area (TPSA) is 54.4 Å². The average Bonchev–Trinajstić information content (AvgIpc) is 2.42. The van der Waals surface area contributed by atoms with Gasteiger partial charge in [-0.05, 0) is 13.8 Å². The van der Waals surface area contributed by atoms with E-state index < -0.39 is 0 Å². The first kappa shape index (κ1) is 12.0. The maximum absolute atomic E-state index is 5.33. The van der Waals surface area contributed by atoms with E-state index in [-0.39, 0.29) is 0 Å². The minimum atomic E-state index is 0.707. The fourth-order valence-corrected chi connectivity index (χ4v) is 1.87. The zero-order chi connectivity index (χ0) is 12.1. The van der Waals surface area contributed by atoms with E-state index in [9.17, 15) is 0 Å². The number of hydrogen-bond donors (Lipinski definition) is 0. The number of nitrogens with zero attached hydrogens (tertiary/aromatic N) is 5. The monoisotopic (exact) mass is 237 g/mol. The quantitative estimate of drug-likeness (QED) is 0.762. The molecule has 2 rings (SSSR count). The second kappa shape index (κ2) is 5.77. The van der Waals surface area contributed by atoms with E-state index >= 15 is 0 Å². The van der Waals surface area contributed by atoms with Gasteiger partial charge in [-0.1, -0.05) is 0 Å². The van der Waals surface area contributed by atoms with Crippen molar-refractivity contribution in [2.75, 3.05) is 49.2 Å². The lowest BCUT2D eigenvalue weighted by Crippen LogP contribution is -2.37. The van der Waals surface area contributed by atoms with Crippen LogP contribution in [0.15, 0.2) is 6.20 Å². The highest BCUT2D eigenvalue weighted by Crippen LogP contribution is 2.14. The van der Waals surface area contributed by atoms with Crippen molar-refractivity contribution >= 4 is 11.8 Å². The van der Waals surface area contributed by atoms with E-state index in [0.717, 1.165) is 45.2 Å². The number of rotatable bonds is 4. The summed E-state index contributed by atoms with van der Waals surface area (Å²) in [6.07, 6.45) is 1.72. The van der Waals surface area contributed by atoms with E-state index in [2.05, 4.69) is 38.8 Å². The Balaban J connectivity index is 2.15. The summed E-state index contributed by atoms with van der Waals surface area (Å²) in [5, 5.41) is 8.12. The maximum atomic E-state index is 5.33. The molecule has 1 aromatic rings. The van der Waals surface area contributed by atoms with Crippen LogP contribution in [0.2, 0.25) is 0 Å². The van der Waals surface area contributed by atoms with Gasteiger partial charge in [0, 0.05) is 26.2 Å². The Morgan fingerprint density at radius 2 is 2.00 bits per heavy atom. The van der Waals surface area contributed by atoms with E-state index in [1.807, 2.05) is 0 Å². The number of ether oxygens (including phenoxy) is 1. The van der Waals surface area contributed by atoms with Crippen molar-refractivity contribution in [3.63, 3.8) is 0 Å². The summed E-state index contributed by atoms with van der Waals surface area (Å²) in [7, 11) is 0. The molecular weight excluding hydrogens is 218 g/mol. The normalized spacial score (nSPS) is 16.0. The van der Waals surface area contributed by atoms with Gasteiger partial charge in [0.1, 0.15) is 0 Å². The lowest BCUT2D eigenvalue weighted by atomic mass is 10.4. The summed E-state index contributed by atoms with van der Waals surface area (Å²) in [6, 6.07) is 0. The van der Waals surface area contributed by atoms with Crippen LogP contribution in [0, 0.1) is 0 Å². The van der Waals surface area contributed by atoms with Gasteiger partial charge in [0.05, 0.1) is 19.4 Å². The molecule has 0 aromatic carbocycles. The molecule has 0 saturated carbocycles. The van der Waals surface area contributed by atoms with Crippen molar-refractivity contribution in [3.05, 3.63) is 6.20 Å². The van der Waals surface area contributed by atoms with Crippen molar-refractivity contribution in [1.82, 2.24) is 15.2 Å². The minimum absolute atomic E-state index is 0.707. The third-order valence-corrected chi connectivity index (χ3v) is 2.92. The lowest BCUT2D eigenvalue weighted by molar-refractivity contribution is 0.122. The third kappa shape index (κ3) is 2.82. The van der Waals surface area contributed by atoms with Crippen LogP contribution >= 0.6 is 0 Å². The van der Waals surface area contributed by atoms with Gasteiger partial charge in [-0.15, -0.1) is 5.10 Å². The summed E-state index contributed by atoms with van der Waals surface area (Å²) >= 11 is 0. The van der Waals surface area contributed by atoms with E-state index in [1.165, 1.54) is 0 Å². The molecule has 1 aromatic heterocycles. The van der Waals surface area contributed by atoms with E-state index in [0.29, 0.717) is 5.95 Å². The summed E-state index contributed by atoms with van der Waals surface area (Å²) < 4.78 is 5.33. The number of morpholine rings is 1. The van der Waals surface area contributed by atoms with Crippen molar-refractivity contribution in [2.45, 2.75) is 13.8 Å². The van der Waals surface area contributed by atoms with Gasteiger partial charge in [-0.2, -0.15) is 10.1 Å². The second-order valence-electron chi connectivity index (χ2n) is 3.89. The van der Waals surface area contributed by atoms with Crippen LogP contribution in [0.5, 0.6) is 0 Å². The molecule has 0 spiro atoms. The maximum Gasteiger partial charge on any atom is 0.247 e. The molecule has 0 radical (unpaired) electrons. The molecule has 6 nitrogen and oxygen atoms in total. The molecule has 1 fully saturated rings. The largest absolute Gasteiger partial charge is 0.378 e. The predicted molar refractivity (Wildman–Crippen MR) is 66.4 cm³/mol. The summed E-state index contributed by atoms with van der Waals surface area (Å²) in [6.45, 7) is 9.22. The SMILES string of the molecule is CCN(CC)c1nncc(N2CCOCC2)n1. The molecular formula is C11H19N5O. The Morgan fingerprint density at radius 3 is 2.65 bits per heavy atom. The molecule has 0 bridgehead atoms. The second-order valence-corrected chi connectivity index (χ2v) is 3.89. The standard InChI is InChI=1S/C11H19N5O/c1-3-15(4-2)11-13-10(9-12-14-11)16-5-7-17-8-6-16/h9H,3-8H2,1-2H3. The molecule has 2 heterocycles. The summed E-state index contributed by atoms with van der Waals surface area (Å²) in [5.74, 6) is 1.60. The van der Waals surface area contributed by atoms with Gasteiger partial charge >= 0.3 is 0 Å².